The largest absolute Gasteiger partial charge is 0.481 e. The molecule has 0 aliphatic heterocycles. The number of aromatic nitrogens is 1. The van der Waals surface area contributed by atoms with Crippen LogP contribution in [0.15, 0.2) is 10.9 Å². The summed E-state index contributed by atoms with van der Waals surface area (Å²) in [6.07, 6.45) is -3.80. The molecule has 2 N–H and O–H groups in total. The maximum Gasteiger partial charge on any atom is 0.308 e. The Hall–Kier alpha value is -2.23. The van der Waals surface area contributed by atoms with Gasteiger partial charge in [0.1, 0.15) is 11.8 Å². The van der Waals surface area contributed by atoms with Crippen LogP contribution in [0.1, 0.15) is 23.2 Å². The lowest BCUT2D eigenvalue weighted by Crippen LogP contribution is -2.20. The lowest BCUT2D eigenvalue weighted by Gasteiger charge is -2.05. The van der Waals surface area contributed by atoms with Crippen molar-refractivity contribution in [1.29, 1.82) is 5.26 Å². The lowest BCUT2D eigenvalue weighted by molar-refractivity contribution is -0.136. The SMILES string of the molecule is N#Cc1cc(C(F)F)c(CC(=O)O)c(=O)[nH]1. The zero-order chi connectivity index (χ0) is 12.3. The average molecular weight is 228 g/mol. The van der Waals surface area contributed by atoms with Crippen LogP contribution in [0.4, 0.5) is 8.78 Å². The number of H-pyrrole nitrogens is 1. The van der Waals surface area contributed by atoms with Gasteiger partial charge < -0.3 is 10.1 Å². The molecule has 0 saturated carbocycles. The van der Waals surface area contributed by atoms with Crippen molar-refractivity contribution in [2.45, 2.75) is 12.8 Å². The van der Waals surface area contributed by atoms with Crippen LogP contribution in [0, 0.1) is 11.3 Å². The molecule has 1 aromatic rings. The fraction of sp³-hybridized carbons (Fsp3) is 0.222. The summed E-state index contributed by atoms with van der Waals surface area (Å²) in [5, 5.41) is 16.9. The van der Waals surface area contributed by atoms with Crippen molar-refractivity contribution in [1.82, 2.24) is 4.98 Å². The Balaban J connectivity index is 3.41. The maximum atomic E-state index is 12.5. The van der Waals surface area contributed by atoms with Gasteiger partial charge in [-0.25, -0.2) is 8.78 Å². The van der Waals surface area contributed by atoms with Crippen molar-refractivity contribution in [2.24, 2.45) is 0 Å². The number of rotatable bonds is 3. The summed E-state index contributed by atoms with van der Waals surface area (Å²) in [6.45, 7) is 0. The second kappa shape index (κ2) is 4.53. The quantitative estimate of drug-likeness (QED) is 0.800. The Labute approximate surface area is 88.0 Å². The molecule has 0 atom stereocenters. The Bertz CT molecular complexity index is 516. The number of carboxylic acid groups (broad SMARTS) is 1. The van der Waals surface area contributed by atoms with Gasteiger partial charge in [0.2, 0.25) is 0 Å². The van der Waals surface area contributed by atoms with Gasteiger partial charge >= 0.3 is 5.97 Å². The van der Waals surface area contributed by atoms with Gasteiger partial charge in [0, 0.05) is 11.1 Å². The molecule has 0 radical (unpaired) electrons. The fourth-order valence-electron chi connectivity index (χ4n) is 1.20. The number of carboxylic acids is 1. The number of aromatic amines is 1. The number of carbonyl (C=O) groups is 1. The highest BCUT2D eigenvalue weighted by Gasteiger charge is 2.19. The highest BCUT2D eigenvalue weighted by atomic mass is 19.3. The molecule has 1 aromatic heterocycles. The van der Waals surface area contributed by atoms with Crippen molar-refractivity contribution in [3.63, 3.8) is 0 Å². The normalized spacial score (nSPS) is 10.1. The van der Waals surface area contributed by atoms with E-state index >= 15 is 0 Å². The summed E-state index contributed by atoms with van der Waals surface area (Å²) >= 11 is 0. The highest BCUT2D eigenvalue weighted by molar-refractivity contribution is 5.70. The van der Waals surface area contributed by atoms with Gasteiger partial charge in [0.05, 0.1) is 6.42 Å². The highest BCUT2D eigenvalue weighted by Crippen LogP contribution is 2.21. The van der Waals surface area contributed by atoms with Gasteiger partial charge in [-0.15, -0.1) is 0 Å². The van der Waals surface area contributed by atoms with Crippen LogP contribution in [-0.2, 0) is 11.2 Å². The van der Waals surface area contributed by atoms with Gasteiger partial charge in [0.15, 0.2) is 0 Å². The van der Waals surface area contributed by atoms with Crippen molar-refractivity contribution >= 4 is 5.97 Å². The number of aliphatic carboxylic acids is 1. The first-order chi connectivity index (χ1) is 7.45. The molecule has 1 rings (SSSR count). The molecule has 0 saturated heterocycles. The minimum absolute atomic E-state index is 0.325. The van der Waals surface area contributed by atoms with Crippen LogP contribution in [0.25, 0.3) is 0 Å². The molecule has 0 aromatic carbocycles. The van der Waals surface area contributed by atoms with E-state index in [1.807, 2.05) is 4.98 Å². The Morgan fingerprint density at radius 1 is 1.62 bits per heavy atom. The van der Waals surface area contributed by atoms with E-state index in [-0.39, 0.29) is 5.69 Å². The van der Waals surface area contributed by atoms with E-state index in [1.165, 1.54) is 6.07 Å². The molecule has 0 unspecified atom stereocenters. The van der Waals surface area contributed by atoms with Crippen LogP contribution in [-0.4, -0.2) is 16.1 Å². The minimum Gasteiger partial charge on any atom is -0.481 e. The third kappa shape index (κ3) is 2.42. The number of alkyl halides is 2. The third-order valence-electron chi connectivity index (χ3n) is 1.85. The van der Waals surface area contributed by atoms with Gasteiger partial charge in [-0.05, 0) is 6.07 Å². The Morgan fingerprint density at radius 3 is 2.69 bits per heavy atom. The Kier molecular flexibility index (Phi) is 3.35. The van der Waals surface area contributed by atoms with Crippen LogP contribution in [0.5, 0.6) is 0 Å². The van der Waals surface area contributed by atoms with Crippen molar-refractivity contribution in [3.05, 3.63) is 33.2 Å². The summed E-state index contributed by atoms with van der Waals surface area (Å²) in [5.74, 6) is -1.39. The molecule has 1 heterocycles. The topological polar surface area (TPSA) is 93.9 Å². The van der Waals surface area contributed by atoms with Gasteiger partial charge in [-0.2, -0.15) is 5.26 Å². The lowest BCUT2D eigenvalue weighted by atomic mass is 10.1. The molecule has 0 fully saturated rings. The van der Waals surface area contributed by atoms with E-state index in [9.17, 15) is 18.4 Å². The molecular weight excluding hydrogens is 222 g/mol. The first-order valence-electron chi connectivity index (χ1n) is 4.12. The first-order valence-corrected chi connectivity index (χ1v) is 4.12. The maximum absolute atomic E-state index is 12.5. The smallest absolute Gasteiger partial charge is 0.308 e. The summed E-state index contributed by atoms with van der Waals surface area (Å²) in [5.41, 5.74) is -2.55. The number of nitrogens with one attached hydrogen (secondary N) is 1. The summed E-state index contributed by atoms with van der Waals surface area (Å²) < 4.78 is 25.0. The summed E-state index contributed by atoms with van der Waals surface area (Å²) in [4.78, 5) is 23.7. The van der Waals surface area contributed by atoms with E-state index in [0.29, 0.717) is 0 Å². The van der Waals surface area contributed by atoms with Crippen molar-refractivity contribution in [2.75, 3.05) is 0 Å². The molecule has 0 bridgehead atoms. The number of hydrogen-bond donors (Lipinski definition) is 2. The number of pyridine rings is 1. The monoisotopic (exact) mass is 228 g/mol. The van der Waals surface area contributed by atoms with Gasteiger partial charge in [-0.1, -0.05) is 0 Å². The number of nitriles is 1. The van der Waals surface area contributed by atoms with Gasteiger partial charge in [0.25, 0.3) is 12.0 Å². The average Bonchev–Trinajstić information content (AvgIpc) is 2.19. The standard InChI is InChI=1S/C9H6F2N2O3/c10-8(11)5-1-4(3-12)13-9(16)6(5)2-7(14)15/h1,8H,2H2,(H,13,16)(H,14,15). The minimum atomic E-state index is -3.00. The van der Waals surface area contributed by atoms with E-state index in [0.717, 1.165) is 6.07 Å². The van der Waals surface area contributed by atoms with Crippen LogP contribution in [0.2, 0.25) is 0 Å². The molecule has 0 amide bonds. The third-order valence-corrected chi connectivity index (χ3v) is 1.85. The van der Waals surface area contributed by atoms with E-state index in [4.69, 9.17) is 10.4 Å². The number of hydrogen-bond acceptors (Lipinski definition) is 3. The van der Waals surface area contributed by atoms with Crippen molar-refractivity contribution in [3.8, 4) is 6.07 Å². The van der Waals surface area contributed by atoms with Crippen LogP contribution >= 0.6 is 0 Å². The van der Waals surface area contributed by atoms with Crippen LogP contribution in [0.3, 0.4) is 0 Å². The number of halogens is 2. The van der Waals surface area contributed by atoms with Gasteiger partial charge in [-0.3, -0.25) is 9.59 Å². The molecule has 7 heteroatoms. The second-order valence-corrected chi connectivity index (χ2v) is 2.93. The molecule has 5 nitrogen and oxygen atoms in total. The summed E-state index contributed by atoms with van der Waals surface area (Å²) in [7, 11) is 0. The molecule has 84 valence electrons. The fourth-order valence-corrected chi connectivity index (χ4v) is 1.20. The van der Waals surface area contributed by atoms with E-state index in [1.54, 1.807) is 0 Å². The van der Waals surface area contributed by atoms with Crippen LogP contribution < -0.4 is 5.56 Å². The zero-order valence-corrected chi connectivity index (χ0v) is 7.83. The predicted molar refractivity (Wildman–Crippen MR) is 48.1 cm³/mol. The first kappa shape index (κ1) is 11.8. The van der Waals surface area contributed by atoms with Crippen molar-refractivity contribution < 1.29 is 18.7 Å². The number of nitrogens with zero attached hydrogens (tertiary/aromatic N) is 1. The zero-order valence-electron chi connectivity index (χ0n) is 7.83. The predicted octanol–water partition coefficient (Wildman–Crippen LogP) is 0.811. The molecule has 0 aliphatic carbocycles. The van der Waals surface area contributed by atoms with E-state index in [2.05, 4.69) is 0 Å². The molecular formula is C9H6F2N2O3. The van der Waals surface area contributed by atoms with E-state index < -0.39 is 35.5 Å². The Morgan fingerprint density at radius 2 is 2.25 bits per heavy atom. The molecule has 0 spiro atoms. The molecule has 16 heavy (non-hydrogen) atoms. The summed E-state index contributed by atoms with van der Waals surface area (Å²) in [6, 6.07) is 2.29. The molecule has 0 aliphatic rings. The second-order valence-electron chi connectivity index (χ2n) is 2.93.